The fraction of sp³-hybridized carbons (Fsp3) is 0.500. The topological polar surface area (TPSA) is 62.3 Å². The van der Waals surface area contributed by atoms with Gasteiger partial charge in [-0.3, -0.25) is 4.90 Å². The molecule has 2 aromatic rings. The zero-order valence-electron chi connectivity index (χ0n) is 13.7. The van der Waals surface area contributed by atoms with Gasteiger partial charge in [0.25, 0.3) is 0 Å². The van der Waals surface area contributed by atoms with E-state index in [1.807, 2.05) is 22.9 Å². The number of piperidine rings is 1. The number of esters is 1. The minimum Gasteiger partial charge on any atom is -0.460 e. The van der Waals surface area contributed by atoms with E-state index in [-0.39, 0.29) is 6.10 Å². The van der Waals surface area contributed by atoms with Gasteiger partial charge in [0, 0.05) is 24.9 Å². The van der Waals surface area contributed by atoms with Crippen molar-refractivity contribution in [1.82, 2.24) is 4.90 Å². The van der Waals surface area contributed by atoms with Gasteiger partial charge in [-0.2, -0.15) is 0 Å². The standard InChI is InChI=1S/C18H19NO4S2/c1-19-11-8-10(9-12(19)16-15(11)23-16)22-17(20)18(21,13-4-2-6-24-13)14-5-3-7-25-14/h2-7,10-12,15-16,21H,8-9H2,1H3/t10?,11-,12+,15-,16-/m1/s1. The Kier molecular flexibility index (Phi) is 3.59. The molecule has 3 saturated heterocycles. The highest BCUT2D eigenvalue weighted by molar-refractivity contribution is 7.12. The fourth-order valence-corrected chi connectivity index (χ4v) is 6.04. The molecule has 5 nitrogen and oxygen atoms in total. The van der Waals surface area contributed by atoms with Gasteiger partial charge in [0.2, 0.25) is 5.60 Å². The summed E-state index contributed by atoms with van der Waals surface area (Å²) in [5, 5.41) is 15.0. The van der Waals surface area contributed by atoms with Crippen LogP contribution in [0.2, 0.25) is 0 Å². The predicted molar refractivity (Wildman–Crippen MR) is 94.8 cm³/mol. The summed E-state index contributed by atoms with van der Waals surface area (Å²) in [5.74, 6) is -0.569. The van der Waals surface area contributed by atoms with Crippen LogP contribution in [0.15, 0.2) is 35.0 Å². The summed E-state index contributed by atoms with van der Waals surface area (Å²) < 4.78 is 11.5. The molecule has 0 amide bonds. The molecule has 0 radical (unpaired) electrons. The Labute approximate surface area is 153 Å². The number of thiophene rings is 2. The predicted octanol–water partition coefficient (Wildman–Crippen LogP) is 2.20. The van der Waals surface area contributed by atoms with Gasteiger partial charge in [-0.15, -0.1) is 22.7 Å². The first-order chi connectivity index (χ1) is 12.1. The molecule has 3 fully saturated rings. The Morgan fingerprint density at radius 1 is 1.20 bits per heavy atom. The van der Waals surface area contributed by atoms with Crippen molar-refractivity contribution in [3.8, 4) is 0 Å². The molecule has 5 heterocycles. The third-order valence-electron chi connectivity index (χ3n) is 5.70. The molecule has 1 unspecified atom stereocenters. The van der Waals surface area contributed by atoms with Crippen molar-refractivity contribution >= 4 is 28.6 Å². The first-order valence-corrected chi connectivity index (χ1v) is 10.2. The Hall–Kier alpha value is -1.25. The second kappa shape index (κ2) is 5.62. The van der Waals surface area contributed by atoms with Gasteiger partial charge in [-0.25, -0.2) is 4.79 Å². The molecular weight excluding hydrogens is 358 g/mol. The smallest absolute Gasteiger partial charge is 0.349 e. The van der Waals surface area contributed by atoms with E-state index in [1.54, 1.807) is 12.1 Å². The summed E-state index contributed by atoms with van der Waals surface area (Å²) in [6, 6.07) is 7.88. The lowest BCUT2D eigenvalue weighted by molar-refractivity contribution is -0.171. The van der Waals surface area contributed by atoms with E-state index < -0.39 is 11.6 Å². The molecule has 3 aliphatic heterocycles. The average molecular weight is 377 g/mol. The normalized spacial score (nSPS) is 33.9. The van der Waals surface area contributed by atoms with Crippen LogP contribution in [0, 0.1) is 0 Å². The molecule has 0 aliphatic carbocycles. The van der Waals surface area contributed by atoms with Crippen molar-refractivity contribution in [3.05, 3.63) is 44.8 Å². The number of hydrogen-bond donors (Lipinski definition) is 1. The van der Waals surface area contributed by atoms with E-state index in [1.165, 1.54) is 22.7 Å². The quantitative estimate of drug-likeness (QED) is 0.654. The third-order valence-corrected chi connectivity index (χ3v) is 7.66. The average Bonchev–Trinajstić information content (AvgIpc) is 2.97. The molecular formula is C18H19NO4S2. The van der Waals surface area contributed by atoms with Crippen LogP contribution in [0.4, 0.5) is 0 Å². The Bertz CT molecular complexity index is 723. The maximum atomic E-state index is 13.0. The molecule has 25 heavy (non-hydrogen) atoms. The zero-order valence-corrected chi connectivity index (χ0v) is 15.3. The van der Waals surface area contributed by atoms with Gasteiger partial charge in [0.1, 0.15) is 18.3 Å². The van der Waals surface area contributed by atoms with E-state index >= 15 is 0 Å². The van der Waals surface area contributed by atoms with Crippen LogP contribution in [-0.4, -0.2) is 53.4 Å². The second-order valence-corrected chi connectivity index (χ2v) is 8.92. The van der Waals surface area contributed by atoms with E-state index in [9.17, 15) is 9.90 Å². The molecule has 2 bridgehead atoms. The van der Waals surface area contributed by atoms with Gasteiger partial charge >= 0.3 is 5.97 Å². The number of likely N-dealkylation sites (N-methyl/N-ethyl adjacent to an activating group) is 1. The Morgan fingerprint density at radius 3 is 2.24 bits per heavy atom. The number of ether oxygens (including phenoxy) is 2. The molecule has 3 aliphatic rings. The van der Waals surface area contributed by atoms with Crippen molar-refractivity contribution in [2.24, 2.45) is 0 Å². The number of nitrogens with zero attached hydrogens (tertiary/aromatic N) is 1. The molecule has 2 aromatic heterocycles. The third kappa shape index (κ3) is 2.34. The Morgan fingerprint density at radius 2 is 1.76 bits per heavy atom. The first kappa shape index (κ1) is 16.0. The number of carbonyl (C=O) groups excluding carboxylic acids is 1. The largest absolute Gasteiger partial charge is 0.460 e. The molecule has 0 aromatic carbocycles. The maximum absolute atomic E-state index is 13.0. The highest BCUT2D eigenvalue weighted by atomic mass is 32.1. The summed E-state index contributed by atoms with van der Waals surface area (Å²) in [6.07, 6.45) is 1.97. The number of hydrogen-bond acceptors (Lipinski definition) is 7. The fourth-order valence-electron chi connectivity index (χ4n) is 4.32. The minimum absolute atomic E-state index is 0.165. The molecule has 1 N–H and O–H groups in total. The summed E-state index contributed by atoms with van der Waals surface area (Å²) in [7, 11) is 2.12. The SMILES string of the molecule is CN1[C@@H]2CC(OC(=O)C(O)(c3cccs3)c3cccs3)C[C@H]1[C@H]1O[C@@H]12. The maximum Gasteiger partial charge on any atom is 0.349 e. The highest BCUT2D eigenvalue weighted by Crippen LogP contribution is 2.48. The van der Waals surface area contributed by atoms with E-state index in [0.29, 0.717) is 34.0 Å². The van der Waals surface area contributed by atoms with Gasteiger partial charge in [0.15, 0.2) is 0 Å². The molecule has 132 valence electrons. The second-order valence-electron chi connectivity index (χ2n) is 7.03. The highest BCUT2D eigenvalue weighted by Gasteiger charge is 2.63. The van der Waals surface area contributed by atoms with E-state index in [4.69, 9.17) is 9.47 Å². The van der Waals surface area contributed by atoms with Crippen molar-refractivity contribution in [2.75, 3.05) is 7.05 Å². The van der Waals surface area contributed by atoms with Crippen molar-refractivity contribution in [2.45, 2.75) is 48.8 Å². The summed E-state index contributed by atoms with van der Waals surface area (Å²) >= 11 is 2.73. The van der Waals surface area contributed by atoms with Gasteiger partial charge in [-0.1, -0.05) is 12.1 Å². The minimum atomic E-state index is -1.72. The lowest BCUT2D eigenvalue weighted by atomic mass is 9.97. The summed E-state index contributed by atoms with van der Waals surface area (Å²) in [6.45, 7) is 0. The zero-order chi connectivity index (χ0) is 17.2. The Balaban J connectivity index is 1.39. The number of carbonyl (C=O) groups is 1. The molecule has 0 saturated carbocycles. The number of morpholine rings is 1. The van der Waals surface area contributed by atoms with Gasteiger partial charge < -0.3 is 14.6 Å². The van der Waals surface area contributed by atoms with Crippen molar-refractivity contribution in [3.63, 3.8) is 0 Å². The van der Waals surface area contributed by atoms with Gasteiger partial charge in [-0.05, 0) is 29.9 Å². The van der Waals surface area contributed by atoms with E-state index in [0.717, 1.165) is 12.8 Å². The van der Waals surface area contributed by atoms with Crippen LogP contribution in [0.1, 0.15) is 22.6 Å². The lowest BCUT2D eigenvalue weighted by Crippen LogP contribution is -2.49. The van der Waals surface area contributed by atoms with Crippen LogP contribution in [0.5, 0.6) is 0 Å². The van der Waals surface area contributed by atoms with Crippen LogP contribution >= 0.6 is 22.7 Å². The lowest BCUT2D eigenvalue weighted by Gasteiger charge is -2.38. The number of rotatable bonds is 4. The van der Waals surface area contributed by atoms with E-state index in [2.05, 4.69) is 11.9 Å². The molecule has 5 atom stereocenters. The monoisotopic (exact) mass is 377 g/mol. The van der Waals surface area contributed by atoms with Crippen molar-refractivity contribution < 1.29 is 19.4 Å². The number of epoxide rings is 1. The van der Waals surface area contributed by atoms with Crippen LogP contribution in [0.3, 0.4) is 0 Å². The summed E-state index contributed by atoms with van der Waals surface area (Å²) in [5.41, 5.74) is -1.72. The number of aliphatic hydroxyl groups is 1. The number of fused-ring (bicyclic) bond motifs is 5. The molecule has 5 rings (SSSR count). The van der Waals surface area contributed by atoms with Crippen LogP contribution in [0.25, 0.3) is 0 Å². The van der Waals surface area contributed by atoms with Crippen LogP contribution in [-0.2, 0) is 19.9 Å². The summed E-state index contributed by atoms with van der Waals surface area (Å²) in [4.78, 5) is 16.6. The molecule has 7 heteroatoms. The first-order valence-electron chi connectivity index (χ1n) is 8.48. The van der Waals surface area contributed by atoms with Crippen molar-refractivity contribution in [1.29, 1.82) is 0 Å². The van der Waals surface area contributed by atoms with Crippen LogP contribution < -0.4 is 0 Å². The van der Waals surface area contributed by atoms with Gasteiger partial charge in [0.05, 0.1) is 9.75 Å². The molecule has 0 spiro atoms.